The second-order valence-electron chi connectivity index (χ2n) is 13.9. The summed E-state index contributed by atoms with van der Waals surface area (Å²) >= 11 is 0. The molecular formula is C36H51F2NO18. The molecule has 1 aromatic rings. The highest BCUT2D eigenvalue weighted by molar-refractivity contribution is 5.95. The molecule has 1 aromatic carbocycles. The summed E-state index contributed by atoms with van der Waals surface area (Å²) in [6.45, 7) is -0.763. The normalized spacial score (nSPS) is 36.3. The third-order valence-electron chi connectivity index (χ3n) is 9.85. The summed E-state index contributed by atoms with van der Waals surface area (Å²) in [5, 5.41) is 106. The Morgan fingerprint density at radius 3 is 1.84 bits per heavy atom. The van der Waals surface area contributed by atoms with Crippen LogP contribution in [0.5, 0.6) is 5.75 Å². The van der Waals surface area contributed by atoms with E-state index >= 15 is 0 Å². The number of aliphatic hydroxyl groups excluding tert-OH is 10. The van der Waals surface area contributed by atoms with Crippen LogP contribution >= 0.6 is 0 Å². The molecule has 1 amide bonds. The molecule has 0 spiro atoms. The van der Waals surface area contributed by atoms with Gasteiger partial charge in [0, 0.05) is 24.9 Å². The number of carbonyl (C=O) groups is 2. The number of hydrogen-bond donors (Lipinski definition) is 11. The van der Waals surface area contributed by atoms with Gasteiger partial charge < -0.3 is 84.8 Å². The summed E-state index contributed by atoms with van der Waals surface area (Å²) in [5.41, 5.74) is -0.861. The molecule has 0 radical (unpaired) electrons. The second-order valence-corrected chi connectivity index (χ2v) is 13.9. The molecule has 11 N–H and O–H groups in total. The fourth-order valence-electron chi connectivity index (χ4n) is 6.56. The average Bonchev–Trinajstić information content (AvgIpc) is 3.19. The van der Waals surface area contributed by atoms with E-state index in [1.807, 2.05) is 6.92 Å². The Balaban J connectivity index is 1.43. The Morgan fingerprint density at radius 2 is 1.32 bits per heavy atom. The molecule has 16 atom stereocenters. The highest BCUT2D eigenvalue weighted by atomic mass is 19.3. The van der Waals surface area contributed by atoms with Crippen molar-refractivity contribution in [2.75, 3.05) is 25.1 Å². The van der Waals surface area contributed by atoms with E-state index in [1.165, 1.54) is 6.07 Å². The fraction of sp³-hybridized carbons (Fsp3) is 0.722. The maximum absolute atomic E-state index is 14.3. The van der Waals surface area contributed by atoms with Crippen LogP contribution in [0.1, 0.15) is 51.0 Å². The summed E-state index contributed by atoms with van der Waals surface area (Å²) < 4.78 is 61.5. The summed E-state index contributed by atoms with van der Waals surface area (Å²) in [7, 11) is 0. The molecule has 57 heavy (non-hydrogen) atoms. The lowest BCUT2D eigenvalue weighted by Gasteiger charge is -2.48. The zero-order chi connectivity index (χ0) is 42.1. The number of alkyl halides is 2. The number of Topliss-reactive ketones (excluding diaryl/α,β-unsaturated/α-hetero) is 1. The molecule has 3 saturated heterocycles. The summed E-state index contributed by atoms with van der Waals surface area (Å²) in [4.78, 5) is 25.2. The maximum atomic E-state index is 14.3. The van der Waals surface area contributed by atoms with E-state index in [9.17, 15) is 69.4 Å². The van der Waals surface area contributed by atoms with Gasteiger partial charge in [-0.2, -0.15) is 0 Å². The molecule has 19 nitrogen and oxygen atoms in total. The van der Waals surface area contributed by atoms with Crippen LogP contribution in [0.3, 0.4) is 0 Å². The van der Waals surface area contributed by atoms with Gasteiger partial charge in [-0.3, -0.25) is 9.59 Å². The largest absolute Gasteiger partial charge is 0.461 e. The molecule has 0 aliphatic carbocycles. The van der Waals surface area contributed by atoms with Gasteiger partial charge in [0.25, 0.3) is 6.43 Å². The number of amides is 1. The van der Waals surface area contributed by atoms with Crippen LogP contribution in [0, 0.1) is 18.3 Å². The number of nitrogens with one attached hydrogen (secondary N) is 1. The predicted octanol–water partition coefficient (Wildman–Crippen LogP) is -2.82. The number of ether oxygens (including phenoxy) is 6. The van der Waals surface area contributed by atoms with E-state index in [2.05, 4.69) is 11.2 Å². The van der Waals surface area contributed by atoms with Gasteiger partial charge in [0.1, 0.15) is 84.8 Å². The summed E-state index contributed by atoms with van der Waals surface area (Å²) in [6, 6.07) is 3.12. The predicted molar refractivity (Wildman–Crippen MR) is 186 cm³/mol. The van der Waals surface area contributed by atoms with Crippen LogP contribution < -0.4 is 10.1 Å². The highest BCUT2D eigenvalue weighted by Gasteiger charge is 2.54. The zero-order valence-corrected chi connectivity index (χ0v) is 30.8. The van der Waals surface area contributed by atoms with E-state index in [-0.39, 0.29) is 30.7 Å². The fourth-order valence-corrected chi connectivity index (χ4v) is 6.56. The molecule has 21 heteroatoms. The Bertz CT molecular complexity index is 1500. The number of anilines is 1. The summed E-state index contributed by atoms with van der Waals surface area (Å²) in [6.07, 6.45) is -23.7. The van der Waals surface area contributed by atoms with Crippen LogP contribution in [0.25, 0.3) is 0 Å². The van der Waals surface area contributed by atoms with Crippen molar-refractivity contribution in [3.05, 3.63) is 23.8 Å². The average molecular weight is 824 g/mol. The van der Waals surface area contributed by atoms with Crippen molar-refractivity contribution in [3.8, 4) is 18.1 Å². The SMILES string of the molecule is C#CCC(CC(=O)CCCC)C(=O)Nc1ccc(O[C@@H]2OC(CO)[C@@H](O[C@H]3OC(CO)[C@@H](O[C@H]4OC(CO)[C@@H](O)[C@H](O)C4O)[C@H](O)C3O)[C@H](O)C2O)c(C(F)F)c1. The van der Waals surface area contributed by atoms with Crippen molar-refractivity contribution in [1.82, 2.24) is 0 Å². The molecule has 7 unspecified atom stereocenters. The number of ketones is 1. The lowest BCUT2D eigenvalue weighted by atomic mass is 9.95. The van der Waals surface area contributed by atoms with Crippen molar-refractivity contribution in [2.45, 2.75) is 138 Å². The first kappa shape index (κ1) is 46.7. The van der Waals surface area contributed by atoms with Crippen LogP contribution in [-0.4, -0.2) is 175 Å². The molecule has 0 saturated carbocycles. The van der Waals surface area contributed by atoms with Crippen molar-refractivity contribution in [1.29, 1.82) is 0 Å². The Morgan fingerprint density at radius 1 is 0.789 bits per heavy atom. The topological polar surface area (TPSA) is 304 Å². The highest BCUT2D eigenvalue weighted by Crippen LogP contribution is 2.36. The first-order valence-corrected chi connectivity index (χ1v) is 18.3. The van der Waals surface area contributed by atoms with Gasteiger partial charge >= 0.3 is 0 Å². The molecule has 0 bridgehead atoms. The maximum Gasteiger partial charge on any atom is 0.267 e. The van der Waals surface area contributed by atoms with E-state index in [0.29, 0.717) is 6.42 Å². The first-order chi connectivity index (χ1) is 27.1. The number of terminal acetylenes is 1. The van der Waals surface area contributed by atoms with Gasteiger partial charge in [-0.15, -0.1) is 12.3 Å². The first-order valence-electron chi connectivity index (χ1n) is 18.3. The number of unbranched alkanes of at least 4 members (excludes halogenated alkanes) is 1. The van der Waals surface area contributed by atoms with Crippen LogP contribution in [-0.2, 0) is 33.3 Å². The molecular weight excluding hydrogens is 772 g/mol. The van der Waals surface area contributed by atoms with E-state index in [1.54, 1.807) is 0 Å². The minimum atomic E-state index is -3.20. The van der Waals surface area contributed by atoms with Gasteiger partial charge in [-0.25, -0.2) is 8.78 Å². The Labute approximate surface area is 325 Å². The Hall–Kier alpha value is -3.02. The van der Waals surface area contributed by atoms with Crippen molar-refractivity contribution < 1.29 is 97.9 Å². The number of aliphatic hydroxyl groups is 10. The minimum absolute atomic E-state index is 0.0720. The lowest BCUT2D eigenvalue weighted by molar-refractivity contribution is -0.376. The van der Waals surface area contributed by atoms with Crippen LogP contribution in [0.2, 0.25) is 0 Å². The van der Waals surface area contributed by atoms with Gasteiger partial charge in [0.2, 0.25) is 12.2 Å². The van der Waals surface area contributed by atoms with E-state index in [0.717, 1.165) is 18.6 Å². The zero-order valence-electron chi connectivity index (χ0n) is 30.8. The number of carbonyl (C=O) groups excluding carboxylic acids is 2. The second kappa shape index (κ2) is 21.3. The minimum Gasteiger partial charge on any atom is -0.461 e. The van der Waals surface area contributed by atoms with Crippen LogP contribution in [0.15, 0.2) is 18.2 Å². The number of benzene rings is 1. The molecule has 3 aliphatic heterocycles. The van der Waals surface area contributed by atoms with E-state index in [4.69, 9.17) is 34.8 Å². The summed E-state index contributed by atoms with van der Waals surface area (Å²) in [5.74, 6) is 0.0426. The van der Waals surface area contributed by atoms with Crippen molar-refractivity contribution in [2.24, 2.45) is 5.92 Å². The third-order valence-corrected chi connectivity index (χ3v) is 9.85. The number of rotatable bonds is 18. The van der Waals surface area contributed by atoms with Gasteiger partial charge in [0.05, 0.1) is 31.3 Å². The van der Waals surface area contributed by atoms with Gasteiger partial charge in [-0.05, 0) is 24.6 Å². The number of hydrogen-bond acceptors (Lipinski definition) is 18. The molecule has 3 aliphatic rings. The third kappa shape index (κ3) is 11.2. The lowest BCUT2D eigenvalue weighted by Crippen LogP contribution is -2.66. The molecule has 0 aromatic heterocycles. The standard InChI is InChI=1S/C36H51F2NO18/c1-3-5-7-17(43)10-15(6-4-2)33(51)39-16-8-9-19(18(11-16)32(37)38)52-34-28(49)25(46)30(21(13-41)54-34)57-36-29(50)26(47)31(22(14-42)55-36)56-35-27(48)24(45)23(44)20(12-40)53-35/h2,8-9,11,15,20-32,34-36,40-42,44-50H,3,5-7,10,12-14H2,1H3,(H,39,51)/t15?,20?,21?,22?,23-,24+,25-,26-,27?,28?,29?,30-,31-,34-,35-,36-/m1/s1. The molecule has 4 rings (SSSR count). The quantitative estimate of drug-likeness (QED) is 0.0666. The van der Waals surface area contributed by atoms with Crippen LogP contribution in [0.4, 0.5) is 14.5 Å². The number of halogens is 2. The molecule has 3 heterocycles. The monoisotopic (exact) mass is 823 g/mol. The molecule has 3 fully saturated rings. The smallest absolute Gasteiger partial charge is 0.267 e. The van der Waals surface area contributed by atoms with Gasteiger partial charge in [-0.1, -0.05) is 13.3 Å². The molecule has 322 valence electrons. The Kier molecular flexibility index (Phi) is 17.4. The van der Waals surface area contributed by atoms with E-state index < -0.39 is 142 Å². The van der Waals surface area contributed by atoms with Crippen molar-refractivity contribution >= 4 is 17.4 Å². The van der Waals surface area contributed by atoms with Gasteiger partial charge in [0.15, 0.2) is 12.6 Å². The van der Waals surface area contributed by atoms with Crippen molar-refractivity contribution in [3.63, 3.8) is 0 Å².